The van der Waals surface area contributed by atoms with Crippen molar-refractivity contribution in [2.24, 2.45) is 0 Å². The molecule has 2 N–H and O–H groups in total. The number of phenols is 1. The van der Waals surface area contributed by atoms with Gasteiger partial charge in [-0.15, -0.1) is 0 Å². The summed E-state index contributed by atoms with van der Waals surface area (Å²) in [7, 11) is -4.17. The Labute approximate surface area is 244 Å². The number of fused-ring (bicyclic) bond motifs is 2. The predicted molar refractivity (Wildman–Crippen MR) is 171 cm³/mol. The number of aromatic hydroxyl groups is 1. The van der Waals surface area contributed by atoms with E-state index in [1.54, 1.807) is 30.3 Å². The number of para-hydroxylation sites is 1. The van der Waals surface area contributed by atoms with Crippen molar-refractivity contribution in [3.8, 4) is 28.1 Å². The van der Waals surface area contributed by atoms with Gasteiger partial charge in [0.2, 0.25) is 0 Å². The Morgan fingerprint density at radius 3 is 1.76 bits per heavy atom. The summed E-state index contributed by atoms with van der Waals surface area (Å²) in [6.45, 7) is 0. The van der Waals surface area contributed by atoms with E-state index in [0.717, 1.165) is 27.6 Å². The predicted octanol–water partition coefficient (Wildman–Crippen LogP) is 8.89. The van der Waals surface area contributed by atoms with Gasteiger partial charge in [0.25, 0.3) is 10.0 Å². The summed E-state index contributed by atoms with van der Waals surface area (Å²) >= 11 is 0. The fourth-order valence-electron chi connectivity index (χ4n) is 5.52. The second-order valence-electron chi connectivity index (χ2n) is 10.1. The summed E-state index contributed by atoms with van der Waals surface area (Å²) in [6, 6.07) is 44.8. The minimum absolute atomic E-state index is 0.0844. The van der Waals surface area contributed by atoms with Gasteiger partial charge in [-0.2, -0.15) is 0 Å². The number of sulfonamides is 1. The van der Waals surface area contributed by atoms with Crippen LogP contribution >= 0.6 is 0 Å². The van der Waals surface area contributed by atoms with Crippen molar-refractivity contribution in [2.45, 2.75) is 4.90 Å². The summed E-state index contributed by atoms with van der Waals surface area (Å²) in [5.41, 5.74) is 5.23. The zero-order chi connectivity index (χ0) is 28.7. The monoisotopic (exact) mass is 566 g/mol. The molecule has 0 atom stereocenters. The van der Waals surface area contributed by atoms with E-state index in [-0.39, 0.29) is 10.6 Å². The summed E-state index contributed by atoms with van der Waals surface area (Å²) in [5, 5.41) is 12.6. The van der Waals surface area contributed by atoms with Gasteiger partial charge < -0.3 is 10.1 Å². The Morgan fingerprint density at radius 1 is 0.524 bits per heavy atom. The van der Waals surface area contributed by atoms with Gasteiger partial charge in [-0.3, -0.25) is 0 Å². The SMILES string of the molecule is O=S(=O)(c1ccc(-c2ccccc2)cc1)N(c1c(-c2ccccc2)[nH]c2ccccc12)c1ccc(O)c2ccccc12. The summed E-state index contributed by atoms with van der Waals surface area (Å²) in [4.78, 5) is 3.64. The zero-order valence-electron chi connectivity index (χ0n) is 22.5. The molecule has 7 rings (SSSR count). The van der Waals surface area contributed by atoms with Crippen molar-refractivity contribution in [1.82, 2.24) is 4.98 Å². The van der Waals surface area contributed by atoms with Gasteiger partial charge in [0.1, 0.15) is 5.75 Å². The molecule has 6 heteroatoms. The van der Waals surface area contributed by atoms with Crippen LogP contribution < -0.4 is 4.31 Å². The van der Waals surface area contributed by atoms with Crippen molar-refractivity contribution in [2.75, 3.05) is 4.31 Å². The van der Waals surface area contributed by atoms with Crippen LogP contribution in [-0.2, 0) is 10.0 Å². The minimum atomic E-state index is -4.17. The van der Waals surface area contributed by atoms with E-state index in [4.69, 9.17) is 0 Å². The first kappa shape index (κ1) is 25.6. The molecule has 0 saturated heterocycles. The number of nitrogens with one attached hydrogen (secondary N) is 1. The van der Waals surface area contributed by atoms with Crippen molar-refractivity contribution < 1.29 is 13.5 Å². The number of aromatic amines is 1. The summed E-state index contributed by atoms with van der Waals surface area (Å²) in [5.74, 6) is 0.0844. The second-order valence-corrected chi connectivity index (χ2v) is 11.9. The largest absolute Gasteiger partial charge is 0.507 e. The van der Waals surface area contributed by atoms with Crippen molar-refractivity contribution >= 4 is 43.1 Å². The Hall–Kier alpha value is -5.33. The van der Waals surface area contributed by atoms with Gasteiger partial charge in [0, 0.05) is 27.2 Å². The van der Waals surface area contributed by atoms with E-state index < -0.39 is 10.0 Å². The quantitative estimate of drug-likeness (QED) is 0.211. The molecule has 6 aromatic carbocycles. The fraction of sp³-hybridized carbons (Fsp3) is 0. The van der Waals surface area contributed by atoms with Crippen LogP contribution in [0.5, 0.6) is 5.75 Å². The third-order valence-corrected chi connectivity index (χ3v) is 9.27. The average molecular weight is 567 g/mol. The molecule has 0 bridgehead atoms. The average Bonchev–Trinajstić information content (AvgIpc) is 3.42. The Bertz CT molecular complexity index is 2160. The highest BCUT2D eigenvalue weighted by Crippen LogP contribution is 2.47. The number of rotatable bonds is 6. The van der Waals surface area contributed by atoms with Gasteiger partial charge in [0.15, 0.2) is 0 Å². The molecule has 0 aliphatic carbocycles. The van der Waals surface area contributed by atoms with Crippen LogP contribution in [0.25, 0.3) is 44.1 Å². The third-order valence-electron chi connectivity index (χ3n) is 7.54. The van der Waals surface area contributed by atoms with Crippen LogP contribution in [-0.4, -0.2) is 18.5 Å². The highest BCUT2D eigenvalue weighted by atomic mass is 32.2. The molecule has 204 valence electrons. The molecule has 0 amide bonds. The van der Waals surface area contributed by atoms with Crippen LogP contribution in [0.4, 0.5) is 11.4 Å². The van der Waals surface area contributed by atoms with Gasteiger partial charge in [0.05, 0.1) is 22.0 Å². The van der Waals surface area contributed by atoms with E-state index in [1.807, 2.05) is 115 Å². The second kappa shape index (κ2) is 10.3. The van der Waals surface area contributed by atoms with Crippen LogP contribution in [0.15, 0.2) is 150 Å². The van der Waals surface area contributed by atoms with Crippen molar-refractivity contribution in [1.29, 1.82) is 0 Å². The third kappa shape index (κ3) is 4.29. The van der Waals surface area contributed by atoms with Crippen LogP contribution in [0.2, 0.25) is 0 Å². The van der Waals surface area contributed by atoms with Crippen molar-refractivity contribution in [3.05, 3.63) is 146 Å². The Balaban J connectivity index is 1.52. The van der Waals surface area contributed by atoms with E-state index in [2.05, 4.69) is 4.98 Å². The van der Waals surface area contributed by atoms with E-state index in [1.165, 1.54) is 4.31 Å². The first-order valence-corrected chi connectivity index (χ1v) is 15.0. The lowest BCUT2D eigenvalue weighted by Crippen LogP contribution is -2.27. The summed E-state index contributed by atoms with van der Waals surface area (Å²) in [6.07, 6.45) is 0. The minimum Gasteiger partial charge on any atom is -0.507 e. The maximum absolute atomic E-state index is 14.9. The topological polar surface area (TPSA) is 73.4 Å². The van der Waals surface area contributed by atoms with Gasteiger partial charge in [-0.05, 0) is 41.5 Å². The number of benzene rings is 6. The lowest BCUT2D eigenvalue weighted by molar-refractivity contribution is 0.481. The number of aromatic nitrogens is 1. The van der Waals surface area contributed by atoms with E-state index >= 15 is 0 Å². The van der Waals surface area contributed by atoms with Gasteiger partial charge >= 0.3 is 0 Å². The Kier molecular flexibility index (Phi) is 6.26. The maximum Gasteiger partial charge on any atom is 0.268 e. The number of H-pyrrole nitrogens is 1. The molecule has 42 heavy (non-hydrogen) atoms. The molecular formula is C36H26N2O3S. The highest BCUT2D eigenvalue weighted by molar-refractivity contribution is 7.93. The molecule has 0 aliphatic heterocycles. The Morgan fingerprint density at radius 2 is 1.07 bits per heavy atom. The first-order valence-electron chi connectivity index (χ1n) is 13.6. The maximum atomic E-state index is 14.9. The molecule has 5 nitrogen and oxygen atoms in total. The lowest BCUT2D eigenvalue weighted by atomic mass is 10.1. The zero-order valence-corrected chi connectivity index (χ0v) is 23.3. The van der Waals surface area contributed by atoms with Crippen LogP contribution in [0.3, 0.4) is 0 Å². The number of hydrogen-bond acceptors (Lipinski definition) is 3. The first-order chi connectivity index (χ1) is 20.5. The molecule has 1 heterocycles. The van der Waals surface area contributed by atoms with Gasteiger partial charge in [-0.1, -0.05) is 115 Å². The number of nitrogens with zero attached hydrogens (tertiary/aromatic N) is 1. The molecular weight excluding hydrogens is 540 g/mol. The molecule has 1 aromatic heterocycles. The lowest BCUT2D eigenvalue weighted by Gasteiger charge is -2.27. The fourth-order valence-corrected chi connectivity index (χ4v) is 7.06. The summed E-state index contributed by atoms with van der Waals surface area (Å²) < 4.78 is 31.2. The highest BCUT2D eigenvalue weighted by Gasteiger charge is 2.33. The number of anilines is 2. The van der Waals surface area contributed by atoms with Crippen LogP contribution in [0.1, 0.15) is 0 Å². The normalized spacial score (nSPS) is 11.6. The standard InChI is InChI=1S/C36H26N2O3S/c39-34-24-23-33(29-15-7-8-16-30(29)34)38(42(40,41)28-21-19-26(20-22-28)25-11-3-1-4-12-25)36-31-17-9-10-18-32(31)37-35(36)27-13-5-2-6-14-27/h1-24,37,39H. The van der Waals surface area contributed by atoms with Crippen molar-refractivity contribution in [3.63, 3.8) is 0 Å². The number of phenolic OH excluding ortho intramolecular Hbond substituents is 1. The molecule has 0 spiro atoms. The molecule has 0 fully saturated rings. The molecule has 7 aromatic rings. The molecule has 0 radical (unpaired) electrons. The van der Waals surface area contributed by atoms with Gasteiger partial charge in [-0.25, -0.2) is 12.7 Å². The smallest absolute Gasteiger partial charge is 0.268 e. The molecule has 0 unspecified atom stereocenters. The molecule has 0 aliphatic rings. The molecule has 0 saturated carbocycles. The number of hydrogen-bond donors (Lipinski definition) is 2. The van der Waals surface area contributed by atoms with E-state index in [0.29, 0.717) is 27.8 Å². The van der Waals surface area contributed by atoms with E-state index in [9.17, 15) is 13.5 Å². The van der Waals surface area contributed by atoms with Crippen LogP contribution in [0, 0.1) is 0 Å².